The first-order valence-corrected chi connectivity index (χ1v) is 9.50. The Hall–Kier alpha value is -1.83. The maximum atomic E-state index is 12.4. The van der Waals surface area contributed by atoms with E-state index in [0.29, 0.717) is 10.9 Å². The minimum Gasteiger partial charge on any atom is -0.469 e. The van der Waals surface area contributed by atoms with E-state index in [1.807, 2.05) is 0 Å². The number of nitrogens with one attached hydrogen (secondary N) is 2. The van der Waals surface area contributed by atoms with E-state index < -0.39 is 5.97 Å². The van der Waals surface area contributed by atoms with Gasteiger partial charge in [-0.1, -0.05) is 37.4 Å². The summed E-state index contributed by atoms with van der Waals surface area (Å²) >= 11 is 1.18. The molecular formula is C17H25N3O4S. The van der Waals surface area contributed by atoms with Gasteiger partial charge in [0.2, 0.25) is 5.91 Å². The van der Waals surface area contributed by atoms with Gasteiger partial charge in [0.1, 0.15) is 0 Å². The standard InChI is InChI=1S/C17H25N3O4S/c1-11(16(23)18-12-7-5-3-4-6-8-12)25-17-19-13(9-14(21)20-17)10-15(22)24-2/h9,11-12H,3-8,10H2,1-2H3,(H,18,23)(H,19,20,21)/t11-/m0/s1. The van der Waals surface area contributed by atoms with Crippen molar-refractivity contribution in [3.05, 3.63) is 22.1 Å². The number of rotatable bonds is 6. The lowest BCUT2D eigenvalue weighted by molar-refractivity contribution is -0.139. The number of aromatic amines is 1. The van der Waals surface area contributed by atoms with E-state index in [2.05, 4.69) is 20.0 Å². The number of amides is 1. The molecule has 1 atom stereocenters. The third-order valence-corrected chi connectivity index (χ3v) is 5.17. The molecule has 1 aromatic heterocycles. The van der Waals surface area contributed by atoms with Crippen LogP contribution in [0.2, 0.25) is 0 Å². The average molecular weight is 367 g/mol. The van der Waals surface area contributed by atoms with Crippen molar-refractivity contribution in [1.82, 2.24) is 15.3 Å². The SMILES string of the molecule is COC(=O)Cc1cc(=O)[nH]c(S[C@@H](C)C(=O)NC2CCCCCC2)n1. The van der Waals surface area contributed by atoms with Crippen LogP contribution in [0, 0.1) is 0 Å². The number of methoxy groups -OCH3 is 1. The molecule has 8 heteroatoms. The van der Waals surface area contributed by atoms with Crippen molar-refractivity contribution in [3.63, 3.8) is 0 Å². The maximum Gasteiger partial charge on any atom is 0.311 e. The fourth-order valence-corrected chi connectivity index (χ4v) is 3.65. The predicted octanol–water partition coefficient (Wildman–Crippen LogP) is 1.80. The van der Waals surface area contributed by atoms with Crippen molar-refractivity contribution >= 4 is 23.6 Å². The first kappa shape index (κ1) is 19.5. The highest BCUT2D eigenvalue weighted by Crippen LogP contribution is 2.21. The number of esters is 1. The van der Waals surface area contributed by atoms with Crippen molar-refractivity contribution in [1.29, 1.82) is 0 Å². The molecule has 25 heavy (non-hydrogen) atoms. The van der Waals surface area contributed by atoms with Gasteiger partial charge in [-0.05, 0) is 19.8 Å². The molecule has 0 unspecified atom stereocenters. The van der Waals surface area contributed by atoms with E-state index in [4.69, 9.17) is 0 Å². The molecule has 0 spiro atoms. The lowest BCUT2D eigenvalue weighted by Gasteiger charge is -2.19. The summed E-state index contributed by atoms with van der Waals surface area (Å²) in [6, 6.07) is 1.49. The molecule has 1 aromatic rings. The van der Waals surface area contributed by atoms with Gasteiger partial charge in [0.05, 0.1) is 24.5 Å². The fraction of sp³-hybridized carbons (Fsp3) is 0.647. The van der Waals surface area contributed by atoms with E-state index in [-0.39, 0.29) is 29.2 Å². The van der Waals surface area contributed by atoms with Crippen LogP contribution in [0.3, 0.4) is 0 Å². The first-order chi connectivity index (χ1) is 12.0. The molecule has 0 aromatic carbocycles. The number of ether oxygens (including phenoxy) is 1. The van der Waals surface area contributed by atoms with Crippen molar-refractivity contribution in [2.24, 2.45) is 0 Å². The third kappa shape index (κ3) is 6.53. The molecule has 138 valence electrons. The van der Waals surface area contributed by atoms with Gasteiger partial charge < -0.3 is 15.0 Å². The molecule has 2 rings (SSSR count). The van der Waals surface area contributed by atoms with E-state index in [9.17, 15) is 14.4 Å². The van der Waals surface area contributed by atoms with Crippen molar-refractivity contribution in [2.75, 3.05) is 7.11 Å². The largest absolute Gasteiger partial charge is 0.469 e. The van der Waals surface area contributed by atoms with Crippen LogP contribution < -0.4 is 10.9 Å². The second-order valence-electron chi connectivity index (χ2n) is 6.25. The maximum absolute atomic E-state index is 12.4. The molecule has 1 saturated carbocycles. The highest BCUT2D eigenvalue weighted by atomic mass is 32.2. The summed E-state index contributed by atoms with van der Waals surface area (Å²) in [5.74, 6) is -0.522. The Morgan fingerprint density at radius 2 is 2.04 bits per heavy atom. The summed E-state index contributed by atoms with van der Waals surface area (Å²) in [7, 11) is 1.28. The van der Waals surface area contributed by atoms with Crippen LogP contribution >= 0.6 is 11.8 Å². The number of nitrogens with zero attached hydrogens (tertiary/aromatic N) is 1. The van der Waals surface area contributed by atoms with E-state index >= 15 is 0 Å². The molecular weight excluding hydrogens is 342 g/mol. The molecule has 1 heterocycles. The van der Waals surface area contributed by atoms with Gasteiger partial charge in [-0.2, -0.15) is 0 Å². The lowest BCUT2D eigenvalue weighted by atomic mass is 10.1. The van der Waals surface area contributed by atoms with Gasteiger partial charge in [0, 0.05) is 12.1 Å². The van der Waals surface area contributed by atoms with Crippen LogP contribution in [0.1, 0.15) is 51.1 Å². The zero-order chi connectivity index (χ0) is 18.2. The van der Waals surface area contributed by atoms with Crippen LogP contribution in [0.4, 0.5) is 0 Å². The normalized spacial score (nSPS) is 16.7. The number of thioether (sulfide) groups is 1. The van der Waals surface area contributed by atoms with Crippen LogP contribution in [0.15, 0.2) is 16.0 Å². The lowest BCUT2D eigenvalue weighted by Crippen LogP contribution is -2.39. The molecule has 1 aliphatic rings. The molecule has 7 nitrogen and oxygen atoms in total. The summed E-state index contributed by atoms with van der Waals surface area (Å²) in [4.78, 5) is 42.3. The number of aromatic nitrogens is 2. The quantitative estimate of drug-likeness (QED) is 0.344. The minimum atomic E-state index is -0.465. The van der Waals surface area contributed by atoms with E-state index in [0.717, 1.165) is 25.7 Å². The first-order valence-electron chi connectivity index (χ1n) is 8.62. The van der Waals surface area contributed by atoms with Crippen LogP contribution in [0.5, 0.6) is 0 Å². The smallest absolute Gasteiger partial charge is 0.311 e. The summed E-state index contributed by atoms with van der Waals surface area (Å²) in [6.07, 6.45) is 6.73. The Labute approximate surface area is 151 Å². The van der Waals surface area contributed by atoms with Crippen molar-refractivity contribution in [2.45, 2.75) is 68.3 Å². The highest BCUT2D eigenvalue weighted by Gasteiger charge is 2.21. The van der Waals surface area contributed by atoms with Crippen molar-refractivity contribution < 1.29 is 14.3 Å². The fourth-order valence-electron chi connectivity index (χ4n) is 2.81. The van der Waals surface area contributed by atoms with Crippen LogP contribution in [-0.2, 0) is 20.7 Å². The minimum absolute atomic E-state index is 0.0575. The Bertz CT molecular complexity index is 654. The zero-order valence-electron chi connectivity index (χ0n) is 14.7. The predicted molar refractivity (Wildman–Crippen MR) is 95.5 cm³/mol. The van der Waals surface area contributed by atoms with Crippen molar-refractivity contribution in [3.8, 4) is 0 Å². The van der Waals surface area contributed by atoms with Gasteiger partial charge in [0.25, 0.3) is 5.56 Å². The van der Waals surface area contributed by atoms with Gasteiger partial charge in [-0.15, -0.1) is 0 Å². The molecule has 0 aliphatic heterocycles. The number of carbonyl (C=O) groups excluding carboxylic acids is 2. The monoisotopic (exact) mass is 367 g/mol. The van der Waals surface area contributed by atoms with Crippen LogP contribution in [-0.4, -0.2) is 40.2 Å². The van der Waals surface area contributed by atoms with Gasteiger partial charge >= 0.3 is 5.97 Å². The van der Waals surface area contributed by atoms with Gasteiger partial charge in [-0.3, -0.25) is 14.4 Å². The van der Waals surface area contributed by atoms with Crippen LogP contribution in [0.25, 0.3) is 0 Å². The van der Waals surface area contributed by atoms with Gasteiger partial charge in [0.15, 0.2) is 5.16 Å². The number of hydrogen-bond acceptors (Lipinski definition) is 6. The molecule has 1 amide bonds. The molecule has 2 N–H and O–H groups in total. The average Bonchev–Trinajstić information content (AvgIpc) is 2.82. The summed E-state index contributed by atoms with van der Waals surface area (Å²) in [5.41, 5.74) is -0.0257. The highest BCUT2D eigenvalue weighted by molar-refractivity contribution is 8.00. The zero-order valence-corrected chi connectivity index (χ0v) is 15.5. The molecule has 0 radical (unpaired) electrons. The Balaban J connectivity index is 1.96. The van der Waals surface area contributed by atoms with E-state index in [1.165, 1.54) is 37.8 Å². The molecule has 0 saturated heterocycles. The molecule has 1 aliphatic carbocycles. The number of hydrogen-bond donors (Lipinski definition) is 2. The van der Waals surface area contributed by atoms with E-state index in [1.54, 1.807) is 6.92 Å². The summed E-state index contributed by atoms with van der Waals surface area (Å²) < 4.78 is 4.59. The second-order valence-corrected chi connectivity index (χ2v) is 7.58. The summed E-state index contributed by atoms with van der Waals surface area (Å²) in [5, 5.41) is 3.04. The second kappa shape index (κ2) is 9.60. The van der Waals surface area contributed by atoms with Gasteiger partial charge in [-0.25, -0.2) is 4.98 Å². The Morgan fingerprint density at radius 3 is 2.68 bits per heavy atom. The number of carbonyl (C=O) groups is 2. The molecule has 1 fully saturated rings. The molecule has 0 bridgehead atoms. The third-order valence-electron chi connectivity index (χ3n) is 4.19. The Morgan fingerprint density at radius 1 is 1.36 bits per heavy atom. The number of H-pyrrole nitrogens is 1. The summed E-state index contributed by atoms with van der Waals surface area (Å²) in [6.45, 7) is 1.78. The Kier molecular flexibility index (Phi) is 7.49. The topological polar surface area (TPSA) is 101 Å².